The van der Waals surface area contributed by atoms with Gasteiger partial charge in [0.25, 0.3) is 5.91 Å². The fraction of sp³-hybridized carbons (Fsp3) is 0.0588. The molecule has 0 aliphatic heterocycles. The molecule has 26 heavy (non-hydrogen) atoms. The van der Waals surface area contributed by atoms with E-state index in [1.165, 1.54) is 0 Å². The average Bonchev–Trinajstić information content (AvgIpc) is 2.99. The van der Waals surface area contributed by atoms with Gasteiger partial charge < -0.3 is 15.5 Å². The quantitative estimate of drug-likeness (QED) is 0.656. The second kappa shape index (κ2) is 7.49. The van der Waals surface area contributed by atoms with Crippen LogP contribution in [-0.4, -0.2) is 21.4 Å². The van der Waals surface area contributed by atoms with Crippen molar-refractivity contribution in [3.05, 3.63) is 58.2 Å². The maximum absolute atomic E-state index is 11.7. The molecule has 1 atom stereocenters. The molecular weight excluding hydrogens is 397 g/mol. The molecule has 1 unspecified atom stereocenters. The fourth-order valence-electron chi connectivity index (χ4n) is 2.24. The maximum atomic E-state index is 11.7. The molecule has 0 aliphatic carbocycles. The van der Waals surface area contributed by atoms with Gasteiger partial charge in [-0.05, 0) is 36.4 Å². The van der Waals surface area contributed by atoms with Crippen LogP contribution in [-0.2, 0) is 10.8 Å². The van der Waals surface area contributed by atoms with Crippen molar-refractivity contribution in [2.24, 2.45) is 5.73 Å². The van der Waals surface area contributed by atoms with Crippen molar-refractivity contribution in [2.75, 3.05) is 11.6 Å². The van der Waals surface area contributed by atoms with Crippen LogP contribution >= 0.6 is 23.2 Å². The first-order valence-electron chi connectivity index (χ1n) is 7.32. The number of amides is 1. The summed E-state index contributed by atoms with van der Waals surface area (Å²) in [6.45, 7) is 0. The Bertz CT molecular complexity index is 983. The van der Waals surface area contributed by atoms with E-state index < -0.39 is 16.7 Å². The predicted octanol–water partition coefficient (Wildman–Crippen LogP) is 4.23. The van der Waals surface area contributed by atoms with Gasteiger partial charge in [0, 0.05) is 27.6 Å². The van der Waals surface area contributed by atoms with Crippen molar-refractivity contribution >= 4 is 51.5 Å². The first-order chi connectivity index (χ1) is 12.4. The predicted molar refractivity (Wildman–Crippen MR) is 103 cm³/mol. The number of nitrogens with zero attached hydrogens (tertiary/aromatic N) is 1. The van der Waals surface area contributed by atoms with Crippen LogP contribution in [0.2, 0.25) is 10.0 Å². The SMILES string of the molecule is CS(=O)c1ccc(Nc2oc(-c3c(Cl)cccc3Cl)nc2C(N)=O)cc1. The number of carbonyl (C=O) groups excluding carboxylic acids is 1. The van der Waals surface area contributed by atoms with Gasteiger partial charge in [0.1, 0.15) is 0 Å². The number of halogens is 2. The van der Waals surface area contributed by atoms with Crippen molar-refractivity contribution in [1.29, 1.82) is 0 Å². The normalized spacial score (nSPS) is 12.0. The topological polar surface area (TPSA) is 98.2 Å². The van der Waals surface area contributed by atoms with Gasteiger partial charge >= 0.3 is 0 Å². The lowest BCUT2D eigenvalue weighted by atomic mass is 10.2. The van der Waals surface area contributed by atoms with Crippen molar-refractivity contribution in [3.63, 3.8) is 0 Å². The third kappa shape index (κ3) is 3.75. The van der Waals surface area contributed by atoms with Crippen LogP contribution in [0.15, 0.2) is 51.8 Å². The summed E-state index contributed by atoms with van der Waals surface area (Å²) < 4.78 is 17.1. The smallest absolute Gasteiger partial charge is 0.273 e. The largest absolute Gasteiger partial charge is 0.419 e. The Morgan fingerprint density at radius 2 is 1.77 bits per heavy atom. The van der Waals surface area contributed by atoms with Crippen LogP contribution in [0.25, 0.3) is 11.5 Å². The third-order valence-electron chi connectivity index (χ3n) is 3.48. The molecule has 1 aromatic heterocycles. The molecule has 0 spiro atoms. The lowest BCUT2D eigenvalue weighted by molar-refractivity contribution is 0.0996. The zero-order valence-electron chi connectivity index (χ0n) is 13.5. The average molecular weight is 410 g/mol. The first kappa shape index (κ1) is 18.4. The third-order valence-corrected chi connectivity index (χ3v) is 5.05. The number of nitrogens with one attached hydrogen (secondary N) is 1. The van der Waals surface area contributed by atoms with Crippen LogP contribution in [0.1, 0.15) is 10.5 Å². The lowest BCUT2D eigenvalue weighted by Crippen LogP contribution is -2.13. The molecule has 0 bridgehead atoms. The minimum atomic E-state index is -1.09. The minimum Gasteiger partial charge on any atom is -0.419 e. The molecule has 6 nitrogen and oxygen atoms in total. The van der Waals surface area contributed by atoms with E-state index in [2.05, 4.69) is 10.3 Å². The number of hydrogen-bond donors (Lipinski definition) is 2. The summed E-state index contributed by atoms with van der Waals surface area (Å²) in [6.07, 6.45) is 1.59. The number of hydrogen-bond acceptors (Lipinski definition) is 5. The van der Waals surface area contributed by atoms with Crippen LogP contribution in [0.5, 0.6) is 0 Å². The van der Waals surface area contributed by atoms with Crippen LogP contribution in [0.4, 0.5) is 11.6 Å². The standard InChI is InChI=1S/C17H13Cl2N3O3S/c1-26(24)10-7-5-9(6-8-10)21-17-14(15(20)23)22-16(25-17)13-11(18)3-2-4-12(13)19/h2-8,21H,1H3,(H2,20,23). The Hall–Kier alpha value is -2.35. The summed E-state index contributed by atoms with van der Waals surface area (Å²) in [7, 11) is -1.09. The number of rotatable bonds is 5. The van der Waals surface area contributed by atoms with Crippen LogP contribution < -0.4 is 11.1 Å². The molecule has 2 aromatic carbocycles. The van der Waals surface area contributed by atoms with Gasteiger partial charge in [-0.2, -0.15) is 0 Å². The molecule has 1 amide bonds. The number of aromatic nitrogens is 1. The fourth-order valence-corrected chi connectivity index (χ4v) is 3.32. The molecule has 134 valence electrons. The van der Waals surface area contributed by atoms with E-state index in [-0.39, 0.29) is 17.5 Å². The Kier molecular flexibility index (Phi) is 5.31. The number of anilines is 2. The summed E-state index contributed by atoms with van der Waals surface area (Å²) in [4.78, 5) is 16.5. The summed E-state index contributed by atoms with van der Waals surface area (Å²) in [5.41, 5.74) is 6.28. The van der Waals surface area contributed by atoms with Gasteiger partial charge in [0.15, 0.2) is 5.69 Å². The summed E-state index contributed by atoms with van der Waals surface area (Å²) in [5.74, 6) is -0.631. The number of nitrogens with two attached hydrogens (primary N) is 1. The maximum Gasteiger partial charge on any atom is 0.273 e. The Morgan fingerprint density at radius 1 is 1.15 bits per heavy atom. The summed E-state index contributed by atoms with van der Waals surface area (Å²) in [5, 5.41) is 3.59. The van der Waals surface area contributed by atoms with Gasteiger partial charge in [-0.25, -0.2) is 4.98 Å². The van der Waals surface area contributed by atoms with E-state index >= 15 is 0 Å². The highest BCUT2D eigenvalue weighted by Gasteiger charge is 2.22. The van der Waals surface area contributed by atoms with Crippen molar-refractivity contribution < 1.29 is 13.4 Å². The van der Waals surface area contributed by atoms with Crippen molar-refractivity contribution in [1.82, 2.24) is 4.98 Å². The highest BCUT2D eigenvalue weighted by Crippen LogP contribution is 2.36. The van der Waals surface area contributed by atoms with Gasteiger partial charge in [0.05, 0.1) is 15.6 Å². The van der Waals surface area contributed by atoms with E-state index in [4.69, 9.17) is 33.4 Å². The molecular formula is C17H13Cl2N3O3S. The van der Waals surface area contributed by atoms with Gasteiger partial charge in [0.2, 0.25) is 11.8 Å². The van der Waals surface area contributed by atoms with Gasteiger partial charge in [-0.3, -0.25) is 9.00 Å². The number of oxazole rings is 1. The molecule has 9 heteroatoms. The molecule has 0 fully saturated rings. The highest BCUT2D eigenvalue weighted by molar-refractivity contribution is 7.84. The summed E-state index contributed by atoms with van der Waals surface area (Å²) >= 11 is 12.3. The van der Waals surface area contributed by atoms with E-state index in [9.17, 15) is 9.00 Å². The molecule has 0 saturated heterocycles. The molecule has 0 radical (unpaired) electrons. The van der Waals surface area contributed by atoms with E-state index in [1.54, 1.807) is 48.7 Å². The zero-order chi connectivity index (χ0) is 18.8. The van der Waals surface area contributed by atoms with Crippen molar-refractivity contribution in [3.8, 4) is 11.5 Å². The van der Waals surface area contributed by atoms with E-state index in [1.807, 2.05) is 0 Å². The van der Waals surface area contributed by atoms with E-state index in [0.717, 1.165) is 0 Å². The number of carbonyl (C=O) groups is 1. The second-order valence-corrected chi connectivity index (χ2v) is 7.46. The second-order valence-electron chi connectivity index (χ2n) is 5.26. The van der Waals surface area contributed by atoms with Gasteiger partial charge in [-0.1, -0.05) is 29.3 Å². The van der Waals surface area contributed by atoms with Gasteiger partial charge in [-0.15, -0.1) is 0 Å². The summed E-state index contributed by atoms with van der Waals surface area (Å²) in [6, 6.07) is 11.7. The molecule has 3 N–H and O–H groups in total. The lowest BCUT2D eigenvalue weighted by Gasteiger charge is -2.05. The molecule has 3 rings (SSSR count). The zero-order valence-corrected chi connectivity index (χ0v) is 15.8. The van der Waals surface area contributed by atoms with Crippen LogP contribution in [0.3, 0.4) is 0 Å². The molecule has 0 saturated carbocycles. The van der Waals surface area contributed by atoms with E-state index in [0.29, 0.717) is 26.2 Å². The number of benzene rings is 2. The molecule has 0 aliphatic rings. The molecule has 3 aromatic rings. The molecule has 1 heterocycles. The first-order valence-corrected chi connectivity index (χ1v) is 9.63. The minimum absolute atomic E-state index is 0.0638. The number of primary amides is 1. The van der Waals surface area contributed by atoms with Crippen LogP contribution in [0, 0.1) is 0 Å². The monoisotopic (exact) mass is 409 g/mol. The van der Waals surface area contributed by atoms with Crippen molar-refractivity contribution in [2.45, 2.75) is 4.90 Å². The highest BCUT2D eigenvalue weighted by atomic mass is 35.5. The Morgan fingerprint density at radius 3 is 2.31 bits per heavy atom. The Labute approximate surface area is 161 Å². The Balaban J connectivity index is 2.00.